The fourth-order valence-electron chi connectivity index (χ4n) is 4.23. The number of ether oxygens (including phenoxy) is 1. The Labute approximate surface area is 208 Å². The number of aryl methyl sites for hydroxylation is 3. The summed E-state index contributed by atoms with van der Waals surface area (Å²) >= 11 is 0. The van der Waals surface area contributed by atoms with E-state index in [1.54, 1.807) is 12.1 Å². The van der Waals surface area contributed by atoms with Gasteiger partial charge in [-0.05, 0) is 66.0 Å². The zero-order chi connectivity index (χ0) is 25.5. The third-order valence-corrected chi connectivity index (χ3v) is 6.21. The van der Waals surface area contributed by atoms with Crippen LogP contribution in [0.1, 0.15) is 49.3 Å². The summed E-state index contributed by atoms with van der Waals surface area (Å²) in [6.07, 6.45) is 10.1. The lowest BCUT2D eigenvalue weighted by Gasteiger charge is -2.10. The van der Waals surface area contributed by atoms with Gasteiger partial charge in [-0.25, -0.2) is 18.7 Å². The first-order chi connectivity index (χ1) is 17.4. The van der Waals surface area contributed by atoms with Crippen LogP contribution >= 0.6 is 0 Å². The first kappa shape index (κ1) is 25.6. The molecule has 0 spiro atoms. The van der Waals surface area contributed by atoms with Gasteiger partial charge in [-0.2, -0.15) is 8.78 Å². The molecule has 36 heavy (non-hydrogen) atoms. The lowest BCUT2D eigenvalue weighted by molar-refractivity contribution is -0.0522. The minimum Gasteiger partial charge on any atom is -0.432 e. The van der Waals surface area contributed by atoms with Crippen molar-refractivity contribution >= 4 is 10.8 Å². The molecule has 0 unspecified atom stereocenters. The highest BCUT2D eigenvalue weighted by molar-refractivity contribution is 5.87. The molecule has 0 saturated carbocycles. The molecule has 0 radical (unpaired) electrons. The molecule has 1 heterocycles. The van der Waals surface area contributed by atoms with Gasteiger partial charge in [0.15, 0.2) is 17.4 Å². The van der Waals surface area contributed by atoms with Gasteiger partial charge >= 0.3 is 6.61 Å². The molecule has 1 aromatic heterocycles. The van der Waals surface area contributed by atoms with Crippen LogP contribution in [0.3, 0.4) is 0 Å². The Morgan fingerprint density at radius 1 is 0.806 bits per heavy atom. The number of benzene rings is 3. The Kier molecular flexibility index (Phi) is 8.52. The Hall–Kier alpha value is -3.48. The highest BCUT2D eigenvalue weighted by atomic mass is 19.3. The number of alkyl halides is 2. The maximum Gasteiger partial charge on any atom is 0.387 e. The first-order valence-corrected chi connectivity index (χ1v) is 12.2. The van der Waals surface area contributed by atoms with E-state index in [-0.39, 0.29) is 5.82 Å². The highest BCUT2D eigenvalue weighted by Gasteiger charge is 2.13. The molecule has 3 aromatic carbocycles. The molecule has 188 valence electrons. The molecule has 3 nitrogen and oxygen atoms in total. The van der Waals surface area contributed by atoms with Gasteiger partial charge in [0.05, 0.1) is 0 Å². The Balaban J connectivity index is 1.44. The Morgan fingerprint density at radius 3 is 2.33 bits per heavy atom. The molecule has 0 aliphatic rings. The van der Waals surface area contributed by atoms with Crippen LogP contribution in [0.4, 0.5) is 17.6 Å². The van der Waals surface area contributed by atoms with Crippen LogP contribution in [0.2, 0.25) is 0 Å². The maximum absolute atomic E-state index is 15.2. The average molecular weight is 497 g/mol. The van der Waals surface area contributed by atoms with E-state index in [2.05, 4.69) is 21.6 Å². The van der Waals surface area contributed by atoms with Gasteiger partial charge in [-0.1, -0.05) is 56.5 Å². The fraction of sp³-hybridized carbons (Fsp3) is 0.310. The predicted molar refractivity (Wildman–Crippen MR) is 133 cm³/mol. The van der Waals surface area contributed by atoms with Crippen molar-refractivity contribution in [3.05, 3.63) is 89.2 Å². The van der Waals surface area contributed by atoms with Gasteiger partial charge in [0.2, 0.25) is 0 Å². The van der Waals surface area contributed by atoms with Crippen molar-refractivity contribution in [2.24, 2.45) is 0 Å². The summed E-state index contributed by atoms with van der Waals surface area (Å²) in [7, 11) is 0. The SMILES string of the molecule is CCCCCCc1cnc(-c2ccc3c(F)c(CCc4ccc(OC(F)F)c(F)c4)ccc3c2)nc1. The molecule has 0 saturated heterocycles. The summed E-state index contributed by atoms with van der Waals surface area (Å²) in [6.45, 7) is -0.904. The molecule has 7 heteroatoms. The molecular weight excluding hydrogens is 468 g/mol. The van der Waals surface area contributed by atoms with E-state index < -0.39 is 18.2 Å². The van der Waals surface area contributed by atoms with Crippen LogP contribution in [-0.2, 0) is 19.3 Å². The van der Waals surface area contributed by atoms with Gasteiger partial charge in [0.1, 0.15) is 5.82 Å². The summed E-state index contributed by atoms with van der Waals surface area (Å²) in [4.78, 5) is 9.00. The predicted octanol–water partition coefficient (Wildman–Crippen LogP) is 8.08. The zero-order valence-electron chi connectivity index (χ0n) is 20.1. The number of rotatable bonds is 11. The van der Waals surface area contributed by atoms with Gasteiger partial charge in [0, 0.05) is 23.3 Å². The fourth-order valence-corrected chi connectivity index (χ4v) is 4.23. The Morgan fingerprint density at radius 2 is 1.61 bits per heavy atom. The molecular formula is C29H28F4N2O. The standard InChI is InChI=1S/C29H28F4N2O/c1-2-3-4-5-6-20-17-34-28(35-18-20)23-12-13-24-22(16-23)11-10-21(27(24)31)9-7-19-8-14-26(25(30)15-19)36-29(32)33/h8,10-18,29H,2-7,9H2,1H3. The van der Waals surface area contributed by atoms with Gasteiger partial charge in [-0.15, -0.1) is 0 Å². The lowest BCUT2D eigenvalue weighted by Crippen LogP contribution is -2.04. The van der Waals surface area contributed by atoms with Crippen molar-refractivity contribution in [1.29, 1.82) is 0 Å². The van der Waals surface area contributed by atoms with Gasteiger partial charge < -0.3 is 4.74 Å². The van der Waals surface area contributed by atoms with Crippen LogP contribution in [0.15, 0.2) is 60.9 Å². The van der Waals surface area contributed by atoms with E-state index in [9.17, 15) is 13.2 Å². The second kappa shape index (κ2) is 12.0. The number of hydrogen-bond donors (Lipinski definition) is 0. The molecule has 0 N–H and O–H groups in total. The number of halogens is 4. The zero-order valence-corrected chi connectivity index (χ0v) is 20.1. The molecule has 0 atom stereocenters. The third-order valence-electron chi connectivity index (χ3n) is 6.21. The number of hydrogen-bond acceptors (Lipinski definition) is 3. The quantitative estimate of drug-likeness (QED) is 0.155. The smallest absolute Gasteiger partial charge is 0.387 e. The summed E-state index contributed by atoms with van der Waals surface area (Å²) < 4.78 is 57.9. The molecule has 4 aromatic rings. The van der Waals surface area contributed by atoms with Crippen molar-refractivity contribution < 1.29 is 22.3 Å². The minimum atomic E-state index is -3.09. The number of fused-ring (bicyclic) bond motifs is 1. The third kappa shape index (κ3) is 6.39. The highest BCUT2D eigenvalue weighted by Crippen LogP contribution is 2.27. The molecule has 4 rings (SSSR count). The van der Waals surface area contributed by atoms with E-state index in [1.807, 2.05) is 30.6 Å². The van der Waals surface area contributed by atoms with Crippen molar-refractivity contribution in [1.82, 2.24) is 9.97 Å². The maximum atomic E-state index is 15.2. The largest absolute Gasteiger partial charge is 0.432 e. The molecule has 0 aliphatic heterocycles. The summed E-state index contributed by atoms with van der Waals surface area (Å²) in [5.41, 5.74) is 2.98. The molecule has 0 amide bonds. The lowest BCUT2D eigenvalue weighted by atomic mass is 9.99. The number of unbranched alkanes of at least 4 members (excludes halogenated alkanes) is 3. The van der Waals surface area contributed by atoms with Crippen LogP contribution in [0, 0.1) is 11.6 Å². The van der Waals surface area contributed by atoms with Crippen molar-refractivity contribution in [2.75, 3.05) is 0 Å². The van der Waals surface area contributed by atoms with E-state index in [0.717, 1.165) is 41.5 Å². The van der Waals surface area contributed by atoms with Gasteiger partial charge in [-0.3, -0.25) is 0 Å². The molecule has 0 fully saturated rings. The van der Waals surface area contributed by atoms with E-state index >= 15 is 4.39 Å². The number of nitrogens with zero attached hydrogens (tertiary/aromatic N) is 2. The van der Waals surface area contributed by atoms with Crippen LogP contribution < -0.4 is 4.74 Å². The van der Waals surface area contributed by atoms with Crippen molar-refractivity contribution in [2.45, 2.75) is 58.5 Å². The van der Waals surface area contributed by atoms with Gasteiger partial charge in [0.25, 0.3) is 0 Å². The summed E-state index contributed by atoms with van der Waals surface area (Å²) in [6, 6.07) is 12.8. The first-order valence-electron chi connectivity index (χ1n) is 12.2. The van der Waals surface area contributed by atoms with Crippen molar-refractivity contribution in [3.63, 3.8) is 0 Å². The topological polar surface area (TPSA) is 35.0 Å². The summed E-state index contributed by atoms with van der Waals surface area (Å²) in [5.74, 6) is -1.11. The van der Waals surface area contributed by atoms with Crippen LogP contribution in [0.25, 0.3) is 22.2 Å². The monoisotopic (exact) mass is 496 g/mol. The number of aromatic nitrogens is 2. The summed E-state index contributed by atoms with van der Waals surface area (Å²) in [5, 5.41) is 1.22. The van der Waals surface area contributed by atoms with E-state index in [1.165, 1.54) is 25.3 Å². The minimum absolute atomic E-state index is 0.333. The van der Waals surface area contributed by atoms with E-state index in [0.29, 0.717) is 35.2 Å². The van der Waals surface area contributed by atoms with E-state index in [4.69, 9.17) is 0 Å². The molecule has 0 bridgehead atoms. The normalized spacial score (nSPS) is 11.4. The average Bonchev–Trinajstić information content (AvgIpc) is 2.88. The van der Waals surface area contributed by atoms with Crippen LogP contribution in [0.5, 0.6) is 5.75 Å². The van der Waals surface area contributed by atoms with Crippen molar-refractivity contribution in [3.8, 4) is 17.1 Å². The van der Waals surface area contributed by atoms with Crippen LogP contribution in [-0.4, -0.2) is 16.6 Å². The second-order valence-corrected chi connectivity index (χ2v) is 8.84. The Bertz CT molecular complexity index is 1310. The molecule has 0 aliphatic carbocycles. The second-order valence-electron chi connectivity index (χ2n) is 8.84.